The molecule has 1 heterocycles. The number of amides is 1. The molecule has 1 atom stereocenters. The van der Waals surface area contributed by atoms with Crippen LogP contribution in [-0.2, 0) is 4.79 Å². The van der Waals surface area contributed by atoms with E-state index in [-0.39, 0.29) is 6.04 Å². The highest BCUT2D eigenvalue weighted by Gasteiger charge is 2.29. The van der Waals surface area contributed by atoms with Gasteiger partial charge in [0.1, 0.15) is 0 Å². The summed E-state index contributed by atoms with van der Waals surface area (Å²) >= 11 is 0. The number of hydrogen-bond acceptors (Lipinski definition) is 2. The summed E-state index contributed by atoms with van der Waals surface area (Å²) in [7, 11) is 0. The van der Waals surface area contributed by atoms with E-state index in [4.69, 9.17) is 5.73 Å². The fraction of sp³-hybridized carbons (Fsp3) is 0.917. The lowest BCUT2D eigenvalue weighted by Crippen LogP contribution is -2.42. The zero-order valence-corrected chi connectivity index (χ0v) is 9.61. The van der Waals surface area contributed by atoms with E-state index in [0.29, 0.717) is 17.7 Å². The third-order valence-corrected chi connectivity index (χ3v) is 3.80. The van der Waals surface area contributed by atoms with Crippen molar-refractivity contribution in [1.82, 2.24) is 4.90 Å². The van der Waals surface area contributed by atoms with Crippen LogP contribution in [0, 0.1) is 11.8 Å². The summed E-state index contributed by atoms with van der Waals surface area (Å²) in [5.74, 6) is 1.71. The van der Waals surface area contributed by atoms with Crippen LogP contribution in [0.15, 0.2) is 0 Å². The minimum absolute atomic E-state index is 0.283. The van der Waals surface area contributed by atoms with Gasteiger partial charge in [-0.25, -0.2) is 0 Å². The Labute approximate surface area is 92.0 Å². The summed E-state index contributed by atoms with van der Waals surface area (Å²) in [5.41, 5.74) is 5.88. The van der Waals surface area contributed by atoms with Crippen molar-refractivity contribution < 1.29 is 4.79 Å². The maximum Gasteiger partial charge on any atom is 0.222 e. The largest absolute Gasteiger partial charge is 0.343 e. The van der Waals surface area contributed by atoms with Crippen LogP contribution >= 0.6 is 0 Å². The molecule has 1 amide bonds. The van der Waals surface area contributed by atoms with Gasteiger partial charge in [0.2, 0.25) is 5.91 Å². The second kappa shape index (κ2) is 4.52. The number of hydrogen-bond donors (Lipinski definition) is 1. The van der Waals surface area contributed by atoms with E-state index >= 15 is 0 Å². The van der Waals surface area contributed by atoms with E-state index < -0.39 is 0 Å². The van der Waals surface area contributed by atoms with Gasteiger partial charge in [-0.05, 0) is 44.4 Å². The predicted molar refractivity (Wildman–Crippen MR) is 60.3 cm³/mol. The molecule has 15 heavy (non-hydrogen) atoms. The van der Waals surface area contributed by atoms with E-state index in [0.717, 1.165) is 32.4 Å². The molecule has 1 saturated carbocycles. The molecule has 1 saturated heterocycles. The van der Waals surface area contributed by atoms with Crippen LogP contribution in [0.25, 0.3) is 0 Å². The molecule has 2 rings (SSSR count). The Bertz CT molecular complexity index is 228. The molecular formula is C12H22N2O. The summed E-state index contributed by atoms with van der Waals surface area (Å²) < 4.78 is 0. The number of carbonyl (C=O) groups excluding carboxylic acids is 1. The van der Waals surface area contributed by atoms with Gasteiger partial charge in [0.25, 0.3) is 0 Å². The Kier molecular flexibility index (Phi) is 3.29. The third kappa shape index (κ3) is 2.94. The normalized spacial score (nSPS) is 25.3. The van der Waals surface area contributed by atoms with Gasteiger partial charge in [-0.15, -0.1) is 0 Å². The molecule has 0 aromatic rings. The number of carbonyl (C=O) groups is 1. The number of likely N-dealkylation sites (tertiary alicyclic amines) is 1. The van der Waals surface area contributed by atoms with Crippen LogP contribution in [0.5, 0.6) is 0 Å². The van der Waals surface area contributed by atoms with Crippen LogP contribution in [0.4, 0.5) is 0 Å². The topological polar surface area (TPSA) is 46.3 Å². The molecule has 0 radical (unpaired) electrons. The summed E-state index contributed by atoms with van der Waals surface area (Å²) in [6.07, 6.45) is 5.51. The summed E-state index contributed by atoms with van der Waals surface area (Å²) in [6.45, 7) is 3.93. The Balaban J connectivity index is 1.74. The monoisotopic (exact) mass is 210 g/mol. The quantitative estimate of drug-likeness (QED) is 0.764. The standard InChI is InChI=1S/C12H22N2O/c1-9(13)11-4-6-14(7-5-11)12(15)8-10-2-3-10/h9-11H,2-8,13H2,1H3. The average Bonchev–Trinajstić information content (AvgIpc) is 3.02. The van der Waals surface area contributed by atoms with Crippen LogP contribution in [0.3, 0.4) is 0 Å². The van der Waals surface area contributed by atoms with Crippen molar-refractivity contribution in [3.8, 4) is 0 Å². The Hall–Kier alpha value is -0.570. The van der Waals surface area contributed by atoms with Gasteiger partial charge in [0.05, 0.1) is 0 Å². The molecule has 2 aliphatic rings. The SMILES string of the molecule is CC(N)C1CCN(C(=O)CC2CC2)CC1. The summed E-state index contributed by atoms with van der Waals surface area (Å²) in [5, 5.41) is 0. The van der Waals surface area contributed by atoms with E-state index in [1.807, 2.05) is 4.90 Å². The fourth-order valence-electron chi connectivity index (χ4n) is 2.37. The number of nitrogens with two attached hydrogens (primary N) is 1. The van der Waals surface area contributed by atoms with Gasteiger partial charge in [-0.2, -0.15) is 0 Å². The van der Waals surface area contributed by atoms with Crippen molar-refractivity contribution in [2.45, 2.75) is 45.1 Å². The number of piperidine rings is 1. The molecule has 0 bridgehead atoms. The molecular weight excluding hydrogens is 188 g/mol. The van der Waals surface area contributed by atoms with E-state index in [2.05, 4.69) is 6.92 Å². The minimum atomic E-state index is 0.283. The second-order valence-corrected chi connectivity index (χ2v) is 5.22. The van der Waals surface area contributed by atoms with Gasteiger partial charge in [0.15, 0.2) is 0 Å². The Morgan fingerprint density at radius 1 is 1.33 bits per heavy atom. The lowest BCUT2D eigenvalue weighted by molar-refractivity contribution is -0.133. The van der Waals surface area contributed by atoms with E-state index in [1.165, 1.54) is 12.8 Å². The van der Waals surface area contributed by atoms with Crippen molar-refractivity contribution in [3.05, 3.63) is 0 Å². The Morgan fingerprint density at radius 3 is 2.40 bits per heavy atom. The average molecular weight is 210 g/mol. The van der Waals surface area contributed by atoms with Crippen molar-refractivity contribution in [3.63, 3.8) is 0 Å². The molecule has 1 aliphatic carbocycles. The third-order valence-electron chi connectivity index (χ3n) is 3.80. The molecule has 2 fully saturated rings. The van der Waals surface area contributed by atoms with Gasteiger partial charge in [-0.3, -0.25) is 4.79 Å². The van der Waals surface area contributed by atoms with Gasteiger partial charge in [0, 0.05) is 25.6 Å². The lowest BCUT2D eigenvalue weighted by atomic mass is 9.91. The lowest BCUT2D eigenvalue weighted by Gasteiger charge is -2.33. The second-order valence-electron chi connectivity index (χ2n) is 5.22. The first kappa shape index (κ1) is 10.9. The first-order valence-corrected chi connectivity index (χ1v) is 6.20. The van der Waals surface area contributed by atoms with E-state index in [9.17, 15) is 4.79 Å². The Morgan fingerprint density at radius 2 is 1.93 bits per heavy atom. The molecule has 0 aromatic carbocycles. The smallest absolute Gasteiger partial charge is 0.222 e. The van der Waals surface area contributed by atoms with Crippen LogP contribution < -0.4 is 5.73 Å². The minimum Gasteiger partial charge on any atom is -0.343 e. The molecule has 0 spiro atoms. The highest BCUT2D eigenvalue weighted by atomic mass is 16.2. The predicted octanol–water partition coefficient (Wildman–Crippen LogP) is 1.37. The zero-order valence-electron chi connectivity index (χ0n) is 9.61. The van der Waals surface area contributed by atoms with Crippen molar-refractivity contribution in [1.29, 1.82) is 0 Å². The molecule has 0 aromatic heterocycles. The van der Waals surface area contributed by atoms with Crippen molar-refractivity contribution in [2.75, 3.05) is 13.1 Å². The fourth-order valence-corrected chi connectivity index (χ4v) is 2.37. The zero-order chi connectivity index (χ0) is 10.8. The van der Waals surface area contributed by atoms with Gasteiger partial charge < -0.3 is 10.6 Å². The van der Waals surface area contributed by atoms with Crippen molar-refractivity contribution in [2.24, 2.45) is 17.6 Å². The van der Waals surface area contributed by atoms with Crippen LogP contribution in [-0.4, -0.2) is 29.9 Å². The first-order chi connectivity index (χ1) is 7.16. The van der Waals surface area contributed by atoms with Gasteiger partial charge in [-0.1, -0.05) is 0 Å². The molecule has 1 unspecified atom stereocenters. The van der Waals surface area contributed by atoms with Crippen LogP contribution in [0.2, 0.25) is 0 Å². The molecule has 3 nitrogen and oxygen atoms in total. The molecule has 1 aliphatic heterocycles. The highest BCUT2D eigenvalue weighted by molar-refractivity contribution is 5.76. The van der Waals surface area contributed by atoms with Crippen LogP contribution in [0.1, 0.15) is 39.0 Å². The molecule has 3 heteroatoms. The summed E-state index contributed by atoms with van der Waals surface area (Å²) in [6, 6.07) is 0.283. The first-order valence-electron chi connectivity index (χ1n) is 6.20. The highest BCUT2D eigenvalue weighted by Crippen LogP contribution is 2.33. The maximum absolute atomic E-state index is 11.8. The molecule has 86 valence electrons. The van der Waals surface area contributed by atoms with Gasteiger partial charge >= 0.3 is 0 Å². The summed E-state index contributed by atoms with van der Waals surface area (Å²) in [4.78, 5) is 13.9. The van der Waals surface area contributed by atoms with Crippen molar-refractivity contribution >= 4 is 5.91 Å². The number of nitrogens with zero attached hydrogens (tertiary/aromatic N) is 1. The molecule has 2 N–H and O–H groups in total. The maximum atomic E-state index is 11.8. The van der Waals surface area contributed by atoms with E-state index in [1.54, 1.807) is 0 Å². The number of rotatable bonds is 3.